The number of rotatable bonds is 2. The fraction of sp³-hybridized carbons (Fsp3) is 0.125. The molecule has 0 aliphatic heterocycles. The number of aryl methyl sites for hydroxylation is 1. The van der Waals surface area contributed by atoms with Crippen molar-refractivity contribution >= 4 is 10.9 Å². The van der Waals surface area contributed by atoms with Crippen molar-refractivity contribution < 1.29 is 8.81 Å². The molecule has 3 aromatic rings. The number of aromatic nitrogens is 1. The summed E-state index contributed by atoms with van der Waals surface area (Å²) in [5, 5.41) is 0.370. The zero-order valence-corrected chi connectivity index (χ0v) is 11.3. The van der Waals surface area contributed by atoms with Crippen LogP contribution in [0.5, 0.6) is 0 Å². The SMILES string of the molecule is Cc1c(Cc2ccc(F)cc2)ccc2[nH]c(=O)oc(=O)c12. The predicted molar refractivity (Wildman–Crippen MR) is 77.0 cm³/mol. The molecule has 21 heavy (non-hydrogen) atoms. The van der Waals surface area contributed by atoms with Crippen molar-refractivity contribution in [1.82, 2.24) is 4.98 Å². The van der Waals surface area contributed by atoms with E-state index in [-0.39, 0.29) is 5.82 Å². The Morgan fingerprint density at radius 2 is 1.81 bits per heavy atom. The lowest BCUT2D eigenvalue weighted by atomic mass is 9.98. The van der Waals surface area contributed by atoms with E-state index in [2.05, 4.69) is 9.40 Å². The van der Waals surface area contributed by atoms with Crippen LogP contribution in [-0.4, -0.2) is 4.98 Å². The fourth-order valence-corrected chi connectivity index (χ4v) is 2.41. The highest BCUT2D eigenvalue weighted by Gasteiger charge is 2.10. The molecule has 4 nitrogen and oxygen atoms in total. The van der Waals surface area contributed by atoms with Crippen LogP contribution < -0.4 is 11.4 Å². The molecule has 0 aliphatic carbocycles. The molecule has 0 spiro atoms. The largest absolute Gasteiger partial charge is 0.419 e. The normalized spacial score (nSPS) is 11.0. The van der Waals surface area contributed by atoms with Crippen molar-refractivity contribution in [3.63, 3.8) is 0 Å². The van der Waals surface area contributed by atoms with Gasteiger partial charge in [-0.05, 0) is 48.2 Å². The van der Waals surface area contributed by atoms with Crippen LogP contribution in [0.25, 0.3) is 10.9 Å². The summed E-state index contributed by atoms with van der Waals surface area (Å²) in [4.78, 5) is 25.5. The Hall–Kier alpha value is -2.69. The molecule has 1 aromatic heterocycles. The lowest BCUT2D eigenvalue weighted by Crippen LogP contribution is -2.15. The first-order valence-corrected chi connectivity index (χ1v) is 6.44. The van der Waals surface area contributed by atoms with Crippen LogP contribution in [0.1, 0.15) is 16.7 Å². The Morgan fingerprint density at radius 3 is 2.52 bits per heavy atom. The van der Waals surface area contributed by atoms with E-state index in [9.17, 15) is 14.0 Å². The molecule has 0 amide bonds. The van der Waals surface area contributed by atoms with E-state index in [1.165, 1.54) is 12.1 Å². The van der Waals surface area contributed by atoms with Gasteiger partial charge in [0.25, 0.3) is 0 Å². The summed E-state index contributed by atoms with van der Waals surface area (Å²) in [7, 11) is 0. The molecule has 1 heterocycles. The van der Waals surface area contributed by atoms with Crippen LogP contribution in [-0.2, 0) is 6.42 Å². The number of aromatic amines is 1. The molecule has 0 saturated heterocycles. The number of fused-ring (bicyclic) bond motifs is 1. The minimum Gasteiger partial charge on any atom is -0.372 e. The molecule has 0 radical (unpaired) electrons. The maximum absolute atomic E-state index is 12.9. The lowest BCUT2D eigenvalue weighted by molar-refractivity contribution is 0.460. The van der Waals surface area contributed by atoms with Gasteiger partial charge in [-0.15, -0.1) is 0 Å². The number of benzene rings is 2. The van der Waals surface area contributed by atoms with E-state index < -0.39 is 11.4 Å². The smallest absolute Gasteiger partial charge is 0.372 e. The summed E-state index contributed by atoms with van der Waals surface area (Å²) in [5.41, 5.74) is 2.42. The van der Waals surface area contributed by atoms with E-state index in [4.69, 9.17) is 0 Å². The summed E-state index contributed by atoms with van der Waals surface area (Å²) >= 11 is 0. The zero-order chi connectivity index (χ0) is 15.0. The second kappa shape index (κ2) is 5.01. The van der Waals surface area contributed by atoms with Crippen molar-refractivity contribution in [2.75, 3.05) is 0 Å². The van der Waals surface area contributed by atoms with Crippen LogP contribution in [0.3, 0.4) is 0 Å². The molecular formula is C16H12FNO3. The molecule has 0 aliphatic rings. The standard InChI is InChI=1S/C16H12FNO3/c1-9-11(8-10-2-5-12(17)6-3-10)4-7-13-14(9)15(19)21-16(20)18-13/h2-7H,8H2,1H3,(H,18,20). The van der Waals surface area contributed by atoms with Gasteiger partial charge in [0.2, 0.25) is 0 Å². The third-order valence-electron chi connectivity index (χ3n) is 3.51. The second-order valence-corrected chi connectivity index (χ2v) is 4.88. The minimum absolute atomic E-state index is 0.285. The maximum atomic E-state index is 12.9. The Labute approximate surface area is 118 Å². The van der Waals surface area contributed by atoms with Crippen molar-refractivity contribution in [3.05, 3.63) is 79.9 Å². The molecule has 0 atom stereocenters. The topological polar surface area (TPSA) is 63.1 Å². The minimum atomic E-state index is -0.766. The lowest BCUT2D eigenvalue weighted by Gasteiger charge is -2.08. The number of H-pyrrole nitrogens is 1. The van der Waals surface area contributed by atoms with Gasteiger partial charge >= 0.3 is 11.4 Å². The molecule has 106 valence electrons. The molecule has 0 unspecified atom stereocenters. The van der Waals surface area contributed by atoms with Gasteiger partial charge in [0.15, 0.2) is 0 Å². The first kappa shape index (κ1) is 13.3. The van der Waals surface area contributed by atoms with Crippen molar-refractivity contribution in [2.24, 2.45) is 0 Å². The van der Waals surface area contributed by atoms with Gasteiger partial charge in [-0.25, -0.2) is 14.0 Å². The van der Waals surface area contributed by atoms with Gasteiger partial charge < -0.3 is 4.42 Å². The second-order valence-electron chi connectivity index (χ2n) is 4.88. The number of hydrogen-bond acceptors (Lipinski definition) is 3. The van der Waals surface area contributed by atoms with E-state index >= 15 is 0 Å². The number of nitrogens with one attached hydrogen (secondary N) is 1. The Kier molecular flexibility index (Phi) is 3.17. The molecule has 5 heteroatoms. The summed E-state index contributed by atoms with van der Waals surface area (Å²) in [6, 6.07) is 9.73. The zero-order valence-electron chi connectivity index (χ0n) is 11.3. The third kappa shape index (κ3) is 2.50. The quantitative estimate of drug-likeness (QED) is 0.787. The van der Waals surface area contributed by atoms with Gasteiger partial charge in [-0.2, -0.15) is 0 Å². The van der Waals surface area contributed by atoms with Gasteiger partial charge in [-0.1, -0.05) is 18.2 Å². The molecule has 0 fully saturated rings. The van der Waals surface area contributed by atoms with Crippen molar-refractivity contribution in [3.8, 4) is 0 Å². The average Bonchev–Trinajstić information content (AvgIpc) is 2.43. The van der Waals surface area contributed by atoms with Gasteiger partial charge in [0, 0.05) is 0 Å². The van der Waals surface area contributed by atoms with E-state index in [0.717, 1.165) is 16.7 Å². The molecule has 0 bridgehead atoms. The first-order chi connectivity index (χ1) is 10.0. The molecular weight excluding hydrogens is 273 g/mol. The maximum Gasteiger partial charge on any atom is 0.419 e. The summed E-state index contributed by atoms with van der Waals surface area (Å²) < 4.78 is 17.5. The Balaban J connectivity index is 2.12. The summed E-state index contributed by atoms with van der Waals surface area (Å²) in [6.07, 6.45) is 0.570. The monoisotopic (exact) mass is 285 g/mol. The highest BCUT2D eigenvalue weighted by atomic mass is 19.1. The fourth-order valence-electron chi connectivity index (χ4n) is 2.41. The van der Waals surface area contributed by atoms with Crippen LogP contribution in [0.15, 0.2) is 50.4 Å². The van der Waals surface area contributed by atoms with Crippen LogP contribution in [0.2, 0.25) is 0 Å². The molecule has 0 saturated carbocycles. The predicted octanol–water partition coefficient (Wildman–Crippen LogP) is 2.52. The van der Waals surface area contributed by atoms with E-state index in [1.807, 2.05) is 6.07 Å². The third-order valence-corrected chi connectivity index (χ3v) is 3.51. The summed E-state index contributed by atoms with van der Waals surface area (Å²) in [6.45, 7) is 1.80. The molecule has 2 aromatic carbocycles. The molecule has 3 rings (SSSR count). The van der Waals surface area contributed by atoms with Gasteiger partial charge in [0.1, 0.15) is 5.82 Å². The Morgan fingerprint density at radius 1 is 1.10 bits per heavy atom. The van der Waals surface area contributed by atoms with Crippen molar-refractivity contribution in [1.29, 1.82) is 0 Å². The van der Waals surface area contributed by atoms with Gasteiger partial charge in [0.05, 0.1) is 10.9 Å². The summed E-state index contributed by atoms with van der Waals surface area (Å²) in [5.74, 6) is -1.05. The van der Waals surface area contributed by atoms with Crippen LogP contribution in [0.4, 0.5) is 4.39 Å². The van der Waals surface area contributed by atoms with Crippen LogP contribution in [0, 0.1) is 12.7 Å². The Bertz CT molecular complexity index is 923. The van der Waals surface area contributed by atoms with Crippen molar-refractivity contribution in [2.45, 2.75) is 13.3 Å². The number of halogens is 1. The average molecular weight is 285 g/mol. The highest BCUT2D eigenvalue weighted by molar-refractivity contribution is 5.81. The van der Waals surface area contributed by atoms with E-state index in [1.54, 1.807) is 25.1 Å². The van der Waals surface area contributed by atoms with Gasteiger partial charge in [-0.3, -0.25) is 4.98 Å². The first-order valence-electron chi connectivity index (χ1n) is 6.44. The van der Waals surface area contributed by atoms with Crippen LogP contribution >= 0.6 is 0 Å². The highest BCUT2D eigenvalue weighted by Crippen LogP contribution is 2.19. The molecule has 1 N–H and O–H groups in total. The van der Waals surface area contributed by atoms with E-state index in [0.29, 0.717) is 17.3 Å². The number of hydrogen-bond donors (Lipinski definition) is 1.